The van der Waals surface area contributed by atoms with Crippen molar-refractivity contribution < 1.29 is 14.4 Å². The lowest BCUT2D eigenvalue weighted by molar-refractivity contribution is -0.130. The van der Waals surface area contributed by atoms with Crippen molar-refractivity contribution in [3.63, 3.8) is 0 Å². The fourth-order valence-corrected chi connectivity index (χ4v) is 6.69. The summed E-state index contributed by atoms with van der Waals surface area (Å²) in [7, 11) is 0. The quantitative estimate of drug-likeness (QED) is 0.229. The molecule has 2 saturated heterocycles. The summed E-state index contributed by atoms with van der Waals surface area (Å²) in [6, 6.07) is 7.80. The van der Waals surface area contributed by atoms with E-state index < -0.39 is 6.29 Å². The van der Waals surface area contributed by atoms with Crippen LogP contribution in [0.15, 0.2) is 36.9 Å². The average molecular weight is 589 g/mol. The predicted octanol–water partition coefficient (Wildman–Crippen LogP) is 2.77. The number of piperazine rings is 1. The van der Waals surface area contributed by atoms with E-state index in [4.69, 9.17) is 5.84 Å². The lowest BCUT2D eigenvalue weighted by atomic mass is 10.0. The number of nitrogens with one attached hydrogen (secondary N) is 1. The predicted molar refractivity (Wildman–Crippen MR) is 167 cm³/mol. The Morgan fingerprint density at radius 3 is 2.37 bits per heavy atom. The van der Waals surface area contributed by atoms with Gasteiger partial charge in [0.15, 0.2) is 6.29 Å². The first kappa shape index (κ1) is 30.5. The van der Waals surface area contributed by atoms with Crippen molar-refractivity contribution in [2.75, 3.05) is 49.5 Å². The van der Waals surface area contributed by atoms with Gasteiger partial charge in [0.05, 0.1) is 17.4 Å². The van der Waals surface area contributed by atoms with E-state index in [9.17, 15) is 14.4 Å². The molecule has 5 rings (SSSR count). The van der Waals surface area contributed by atoms with E-state index in [1.54, 1.807) is 19.1 Å². The first-order valence-corrected chi connectivity index (χ1v) is 15.2. The Morgan fingerprint density at radius 2 is 1.72 bits per heavy atom. The number of likely N-dealkylation sites (tertiary alicyclic amines) is 1. The van der Waals surface area contributed by atoms with Gasteiger partial charge in [-0.2, -0.15) is 0 Å². The highest BCUT2D eigenvalue weighted by molar-refractivity contribution is 5.95. The molecule has 11 heteroatoms. The molecule has 11 nitrogen and oxygen atoms in total. The molecule has 4 heterocycles. The van der Waals surface area contributed by atoms with Crippen LogP contribution in [0, 0.1) is 20.8 Å². The molecule has 2 aromatic rings. The van der Waals surface area contributed by atoms with Gasteiger partial charge in [-0.25, -0.2) is 10.9 Å². The minimum absolute atomic E-state index is 0.0610. The highest BCUT2D eigenvalue weighted by atomic mass is 16.2. The van der Waals surface area contributed by atoms with Gasteiger partial charge in [-0.3, -0.25) is 24.3 Å². The number of benzene rings is 1. The fraction of sp³-hybridized carbons (Fsp3) is 0.500. The van der Waals surface area contributed by atoms with Gasteiger partial charge in [0, 0.05) is 69.7 Å². The maximum atomic E-state index is 13.8. The van der Waals surface area contributed by atoms with Gasteiger partial charge in [0.1, 0.15) is 0 Å². The fourth-order valence-electron chi connectivity index (χ4n) is 6.69. The summed E-state index contributed by atoms with van der Waals surface area (Å²) in [5.41, 5.74) is 6.13. The zero-order valence-corrected chi connectivity index (χ0v) is 25.8. The van der Waals surface area contributed by atoms with Gasteiger partial charge in [-0.05, 0) is 75.4 Å². The molecule has 0 aliphatic carbocycles. The Hall–Kier alpha value is -3.96. The van der Waals surface area contributed by atoms with E-state index in [2.05, 4.69) is 45.7 Å². The van der Waals surface area contributed by atoms with Crippen molar-refractivity contribution >= 4 is 29.1 Å². The number of rotatable bonds is 6. The molecule has 0 bridgehead atoms. The van der Waals surface area contributed by atoms with Gasteiger partial charge in [-0.15, -0.1) is 0 Å². The van der Waals surface area contributed by atoms with Gasteiger partial charge >= 0.3 is 0 Å². The van der Waals surface area contributed by atoms with E-state index in [1.165, 1.54) is 11.1 Å². The maximum Gasteiger partial charge on any atom is 0.271 e. The monoisotopic (exact) mass is 588 g/mol. The van der Waals surface area contributed by atoms with Gasteiger partial charge in [0.2, 0.25) is 11.8 Å². The van der Waals surface area contributed by atoms with Crippen LogP contribution in [-0.4, -0.2) is 94.0 Å². The summed E-state index contributed by atoms with van der Waals surface area (Å²) < 4.78 is 0. The van der Waals surface area contributed by atoms with Crippen LogP contribution < -0.4 is 16.1 Å². The summed E-state index contributed by atoms with van der Waals surface area (Å²) in [4.78, 5) is 51.0. The number of carbonyl (C=O) groups excluding carboxylic acids is 3. The number of aromatic nitrogens is 1. The molecule has 3 aliphatic heterocycles. The van der Waals surface area contributed by atoms with Crippen molar-refractivity contribution in [3.8, 4) is 0 Å². The number of hydrogen-bond acceptors (Lipinski definition) is 8. The lowest BCUT2D eigenvalue weighted by Gasteiger charge is -2.40. The number of aryl methyl sites for hydroxylation is 3. The molecule has 43 heavy (non-hydrogen) atoms. The summed E-state index contributed by atoms with van der Waals surface area (Å²) >= 11 is 0. The molecule has 2 atom stereocenters. The van der Waals surface area contributed by atoms with Crippen LogP contribution in [-0.2, 0) is 16.1 Å². The number of pyridine rings is 1. The molecular weight excluding hydrogens is 544 g/mol. The normalized spacial score (nSPS) is 20.7. The van der Waals surface area contributed by atoms with Crippen LogP contribution in [0.1, 0.15) is 59.1 Å². The molecule has 1 unspecified atom stereocenters. The van der Waals surface area contributed by atoms with Crippen LogP contribution in [0.25, 0.3) is 0 Å². The Labute approximate surface area is 254 Å². The standard InChI is InChI=1S/C32H44N8O3/c1-6-29(42)38-10-8-7-9-27(20-38)39-30-21(2)15-25(19-36-11-13-37(14-12-36)24(5)41)18-28(30)35-32(39)40(33)31(43)26-16-22(3)34-23(4)17-26/h6,15-18,27,32,35H,1,7-14,19-20,33H2,2-5H3/t27-,32?/m1/s1. The number of carbonyl (C=O) groups is 3. The Balaban J connectivity index is 1.47. The first-order valence-electron chi connectivity index (χ1n) is 15.2. The van der Waals surface area contributed by atoms with E-state index in [1.807, 2.05) is 23.6 Å². The van der Waals surface area contributed by atoms with Gasteiger partial charge in [0.25, 0.3) is 5.91 Å². The number of amides is 3. The highest BCUT2D eigenvalue weighted by Crippen LogP contribution is 2.42. The first-order chi connectivity index (χ1) is 20.5. The third kappa shape index (κ3) is 6.52. The van der Waals surface area contributed by atoms with Crippen LogP contribution in [0.4, 0.5) is 11.4 Å². The summed E-state index contributed by atoms with van der Waals surface area (Å²) in [5, 5.41) is 4.85. The molecule has 3 N–H and O–H groups in total. The molecule has 2 fully saturated rings. The zero-order valence-electron chi connectivity index (χ0n) is 25.8. The molecule has 3 aliphatic rings. The largest absolute Gasteiger partial charge is 0.345 e. The third-order valence-corrected chi connectivity index (χ3v) is 8.74. The second-order valence-electron chi connectivity index (χ2n) is 12.0. The smallest absolute Gasteiger partial charge is 0.271 e. The Bertz CT molecular complexity index is 1380. The third-order valence-electron chi connectivity index (χ3n) is 8.74. The highest BCUT2D eigenvalue weighted by Gasteiger charge is 2.41. The topological polar surface area (TPSA) is 118 Å². The SMILES string of the molecule is C=CC(=O)N1CCCC[C@@H](N2c3c(C)cc(CN4CCN(C(C)=O)CC4)cc3NC2N(N)C(=O)c2cc(C)nc(C)c2)C1. The molecular formula is C32H44N8O3. The lowest BCUT2D eigenvalue weighted by Crippen LogP contribution is -2.60. The number of nitrogens with two attached hydrogens (primary N) is 1. The van der Waals surface area contributed by atoms with E-state index in [0.717, 1.165) is 85.9 Å². The van der Waals surface area contributed by atoms with Crippen LogP contribution in [0.5, 0.6) is 0 Å². The minimum atomic E-state index is -0.645. The van der Waals surface area contributed by atoms with E-state index in [-0.39, 0.29) is 23.8 Å². The average Bonchev–Trinajstić information content (AvgIpc) is 3.18. The van der Waals surface area contributed by atoms with Crippen LogP contribution in [0.2, 0.25) is 0 Å². The van der Waals surface area contributed by atoms with Crippen molar-refractivity contribution in [2.24, 2.45) is 5.84 Å². The van der Waals surface area contributed by atoms with Crippen molar-refractivity contribution in [3.05, 3.63) is 65.0 Å². The van der Waals surface area contributed by atoms with Crippen molar-refractivity contribution in [2.45, 2.75) is 65.8 Å². The summed E-state index contributed by atoms with van der Waals surface area (Å²) in [6.45, 7) is 16.2. The summed E-state index contributed by atoms with van der Waals surface area (Å²) in [6.07, 6.45) is 3.44. The Kier molecular flexibility index (Phi) is 9.03. The van der Waals surface area contributed by atoms with E-state index in [0.29, 0.717) is 18.7 Å². The van der Waals surface area contributed by atoms with Crippen LogP contribution >= 0.6 is 0 Å². The number of fused-ring (bicyclic) bond motifs is 1. The zero-order chi connectivity index (χ0) is 30.8. The van der Waals surface area contributed by atoms with Gasteiger partial charge < -0.3 is 20.0 Å². The second kappa shape index (κ2) is 12.7. The number of hydrogen-bond donors (Lipinski definition) is 2. The minimum Gasteiger partial charge on any atom is -0.345 e. The number of nitrogens with zero attached hydrogens (tertiary/aromatic N) is 6. The van der Waals surface area contributed by atoms with Crippen molar-refractivity contribution in [1.82, 2.24) is 24.7 Å². The molecule has 230 valence electrons. The molecule has 3 amide bonds. The summed E-state index contributed by atoms with van der Waals surface area (Å²) in [5.74, 6) is 6.41. The molecule has 0 saturated carbocycles. The van der Waals surface area contributed by atoms with Gasteiger partial charge in [-0.1, -0.05) is 12.6 Å². The molecule has 0 spiro atoms. The molecule has 1 aromatic heterocycles. The number of hydrazine groups is 1. The maximum absolute atomic E-state index is 13.8. The van der Waals surface area contributed by atoms with E-state index >= 15 is 0 Å². The second-order valence-corrected chi connectivity index (χ2v) is 12.0. The Morgan fingerprint density at radius 1 is 1.02 bits per heavy atom. The molecule has 1 aromatic carbocycles. The van der Waals surface area contributed by atoms with Crippen LogP contribution in [0.3, 0.4) is 0 Å². The van der Waals surface area contributed by atoms with Crippen molar-refractivity contribution in [1.29, 1.82) is 0 Å². The number of anilines is 2. The molecule has 0 radical (unpaired) electrons.